The summed E-state index contributed by atoms with van der Waals surface area (Å²) in [5.74, 6) is 0. The van der Waals surface area contributed by atoms with Gasteiger partial charge in [0, 0.05) is 11.1 Å². The standard InChI is InChI=1S/C10H7ClN2O2S/c1-15-10-13-12-9(16-10)7-4-2-6(3-5-7)8(11)14/h2-5H,1H3. The molecule has 0 fully saturated rings. The lowest BCUT2D eigenvalue weighted by Crippen LogP contribution is -1.87. The Hall–Kier alpha value is -1.46. The van der Waals surface area contributed by atoms with E-state index in [9.17, 15) is 4.79 Å². The third-order valence-electron chi connectivity index (χ3n) is 1.94. The fourth-order valence-electron chi connectivity index (χ4n) is 1.15. The zero-order valence-corrected chi connectivity index (χ0v) is 9.88. The van der Waals surface area contributed by atoms with Gasteiger partial charge in [0.2, 0.25) is 0 Å². The molecular formula is C10H7ClN2O2S. The Labute approximate surface area is 101 Å². The summed E-state index contributed by atoms with van der Waals surface area (Å²) in [5, 5.41) is 8.56. The van der Waals surface area contributed by atoms with Crippen molar-refractivity contribution < 1.29 is 9.53 Å². The van der Waals surface area contributed by atoms with Crippen molar-refractivity contribution in [1.29, 1.82) is 0 Å². The molecule has 0 atom stereocenters. The van der Waals surface area contributed by atoms with Gasteiger partial charge in [-0.05, 0) is 23.7 Å². The van der Waals surface area contributed by atoms with E-state index in [4.69, 9.17) is 16.3 Å². The highest BCUT2D eigenvalue weighted by Crippen LogP contribution is 2.27. The predicted molar refractivity (Wildman–Crippen MR) is 62.1 cm³/mol. The van der Waals surface area contributed by atoms with E-state index < -0.39 is 5.24 Å². The van der Waals surface area contributed by atoms with Crippen molar-refractivity contribution in [2.75, 3.05) is 7.11 Å². The minimum atomic E-state index is -0.471. The molecule has 0 unspecified atom stereocenters. The van der Waals surface area contributed by atoms with Crippen molar-refractivity contribution in [2.45, 2.75) is 0 Å². The van der Waals surface area contributed by atoms with Crippen LogP contribution in [0.5, 0.6) is 5.19 Å². The summed E-state index contributed by atoms with van der Waals surface area (Å²) in [5.41, 5.74) is 1.34. The van der Waals surface area contributed by atoms with Crippen LogP contribution in [-0.2, 0) is 0 Å². The molecule has 0 bridgehead atoms. The quantitative estimate of drug-likeness (QED) is 0.790. The van der Waals surface area contributed by atoms with Gasteiger partial charge in [-0.15, -0.1) is 5.10 Å². The van der Waals surface area contributed by atoms with Crippen LogP contribution in [0.1, 0.15) is 10.4 Å². The van der Waals surface area contributed by atoms with Gasteiger partial charge in [-0.1, -0.05) is 28.6 Å². The van der Waals surface area contributed by atoms with Crippen LogP contribution in [0.3, 0.4) is 0 Å². The highest BCUT2D eigenvalue weighted by atomic mass is 35.5. The van der Waals surface area contributed by atoms with Crippen molar-refractivity contribution >= 4 is 28.2 Å². The zero-order valence-electron chi connectivity index (χ0n) is 8.31. The van der Waals surface area contributed by atoms with Crippen molar-refractivity contribution in [3.05, 3.63) is 29.8 Å². The normalized spacial score (nSPS) is 10.1. The monoisotopic (exact) mass is 254 g/mol. The molecule has 1 aromatic heterocycles. The van der Waals surface area contributed by atoms with E-state index in [1.165, 1.54) is 11.3 Å². The summed E-state index contributed by atoms with van der Waals surface area (Å²) in [6.45, 7) is 0. The number of halogens is 1. The number of hydrogen-bond acceptors (Lipinski definition) is 5. The van der Waals surface area contributed by atoms with E-state index in [-0.39, 0.29) is 0 Å². The zero-order chi connectivity index (χ0) is 11.5. The van der Waals surface area contributed by atoms with E-state index >= 15 is 0 Å². The fraction of sp³-hybridized carbons (Fsp3) is 0.100. The molecule has 4 nitrogen and oxygen atoms in total. The second-order valence-electron chi connectivity index (χ2n) is 2.93. The fourth-order valence-corrected chi connectivity index (χ4v) is 1.94. The largest absolute Gasteiger partial charge is 0.472 e. The van der Waals surface area contributed by atoms with Gasteiger partial charge in [0.05, 0.1) is 7.11 Å². The molecule has 2 rings (SSSR count). The number of benzene rings is 1. The van der Waals surface area contributed by atoms with Gasteiger partial charge < -0.3 is 4.74 Å². The van der Waals surface area contributed by atoms with E-state index in [0.29, 0.717) is 10.8 Å². The molecule has 6 heteroatoms. The Bertz CT molecular complexity index is 510. The smallest absolute Gasteiger partial charge is 0.294 e. The molecule has 0 aliphatic heterocycles. The van der Waals surface area contributed by atoms with Gasteiger partial charge in [0.15, 0.2) is 5.01 Å². The lowest BCUT2D eigenvalue weighted by atomic mass is 10.1. The Balaban J connectivity index is 2.30. The first-order valence-corrected chi connectivity index (χ1v) is 5.58. The molecule has 0 radical (unpaired) electrons. The van der Waals surface area contributed by atoms with Crippen LogP contribution in [0.2, 0.25) is 0 Å². The maximum absolute atomic E-state index is 10.9. The van der Waals surface area contributed by atoms with Gasteiger partial charge in [-0.3, -0.25) is 4.79 Å². The first-order valence-electron chi connectivity index (χ1n) is 4.38. The van der Waals surface area contributed by atoms with E-state index in [0.717, 1.165) is 10.6 Å². The molecule has 1 aromatic carbocycles. The highest BCUT2D eigenvalue weighted by molar-refractivity contribution is 7.16. The summed E-state index contributed by atoms with van der Waals surface area (Å²) in [6.07, 6.45) is 0. The van der Waals surface area contributed by atoms with Crippen LogP contribution in [0.4, 0.5) is 0 Å². The number of ether oxygens (including phenoxy) is 1. The van der Waals surface area contributed by atoms with E-state index in [1.54, 1.807) is 31.4 Å². The summed E-state index contributed by atoms with van der Waals surface area (Å²) < 4.78 is 4.95. The first-order chi connectivity index (χ1) is 7.70. The summed E-state index contributed by atoms with van der Waals surface area (Å²) in [7, 11) is 1.54. The van der Waals surface area contributed by atoms with Crippen molar-refractivity contribution in [2.24, 2.45) is 0 Å². The molecule has 2 aromatic rings. The van der Waals surface area contributed by atoms with Crippen LogP contribution in [-0.4, -0.2) is 22.5 Å². The van der Waals surface area contributed by atoms with Crippen molar-refractivity contribution in [3.63, 3.8) is 0 Å². The average Bonchev–Trinajstić information content (AvgIpc) is 2.77. The van der Waals surface area contributed by atoms with Gasteiger partial charge >= 0.3 is 0 Å². The molecule has 0 saturated carbocycles. The number of nitrogens with zero attached hydrogens (tertiary/aromatic N) is 2. The van der Waals surface area contributed by atoms with Crippen LogP contribution in [0.15, 0.2) is 24.3 Å². The van der Waals surface area contributed by atoms with Crippen LogP contribution >= 0.6 is 22.9 Å². The maximum Gasteiger partial charge on any atom is 0.294 e. The second-order valence-corrected chi connectivity index (χ2v) is 4.21. The van der Waals surface area contributed by atoms with Gasteiger partial charge in [-0.2, -0.15) is 0 Å². The Kier molecular flexibility index (Phi) is 3.17. The minimum absolute atomic E-state index is 0.460. The molecule has 1 heterocycles. The number of hydrogen-bond donors (Lipinski definition) is 0. The third kappa shape index (κ3) is 2.20. The lowest BCUT2D eigenvalue weighted by Gasteiger charge is -1.96. The average molecular weight is 255 g/mol. The molecule has 82 valence electrons. The molecule has 0 spiro atoms. The number of rotatable bonds is 3. The Morgan fingerprint density at radius 3 is 2.50 bits per heavy atom. The SMILES string of the molecule is COc1nnc(-c2ccc(C(=O)Cl)cc2)s1. The maximum atomic E-state index is 10.9. The lowest BCUT2D eigenvalue weighted by molar-refractivity contribution is 0.108. The molecule has 0 aliphatic rings. The van der Waals surface area contributed by atoms with Crippen LogP contribution in [0.25, 0.3) is 10.6 Å². The highest BCUT2D eigenvalue weighted by Gasteiger charge is 2.07. The Morgan fingerprint density at radius 1 is 1.31 bits per heavy atom. The number of carbonyl (C=O) groups is 1. The molecule has 16 heavy (non-hydrogen) atoms. The molecule has 0 saturated heterocycles. The summed E-state index contributed by atoms with van der Waals surface area (Å²) >= 11 is 6.68. The number of methoxy groups -OCH3 is 1. The van der Waals surface area contributed by atoms with Gasteiger partial charge in [0.25, 0.3) is 10.4 Å². The van der Waals surface area contributed by atoms with Gasteiger partial charge in [-0.25, -0.2) is 0 Å². The number of aromatic nitrogens is 2. The molecule has 0 amide bonds. The second kappa shape index (κ2) is 4.59. The van der Waals surface area contributed by atoms with Gasteiger partial charge in [0.1, 0.15) is 0 Å². The summed E-state index contributed by atoms with van der Waals surface area (Å²) in [4.78, 5) is 10.9. The van der Waals surface area contributed by atoms with E-state index in [2.05, 4.69) is 10.2 Å². The van der Waals surface area contributed by atoms with E-state index in [1.807, 2.05) is 0 Å². The van der Waals surface area contributed by atoms with Crippen LogP contribution < -0.4 is 4.74 Å². The molecule has 0 N–H and O–H groups in total. The summed E-state index contributed by atoms with van der Waals surface area (Å²) in [6, 6.07) is 6.85. The van der Waals surface area contributed by atoms with Crippen molar-refractivity contribution in [3.8, 4) is 15.8 Å². The Morgan fingerprint density at radius 2 is 2.00 bits per heavy atom. The third-order valence-corrected chi connectivity index (χ3v) is 3.09. The predicted octanol–water partition coefficient (Wildman–Crippen LogP) is 2.59. The molecule has 0 aliphatic carbocycles. The van der Waals surface area contributed by atoms with Crippen molar-refractivity contribution in [1.82, 2.24) is 10.2 Å². The number of carbonyl (C=O) groups excluding carboxylic acids is 1. The minimum Gasteiger partial charge on any atom is -0.472 e. The van der Waals surface area contributed by atoms with Crippen LogP contribution in [0, 0.1) is 0 Å². The topological polar surface area (TPSA) is 52.1 Å². The first kappa shape index (κ1) is 11.0. The molecular weight excluding hydrogens is 248 g/mol.